The molecule has 1 N–H and O–H groups in total. The highest BCUT2D eigenvalue weighted by atomic mass is 19.1. The quantitative estimate of drug-likeness (QED) is 0.897. The van der Waals surface area contributed by atoms with Crippen LogP contribution >= 0.6 is 0 Å². The van der Waals surface area contributed by atoms with Crippen LogP contribution in [0.1, 0.15) is 16.8 Å². The molecule has 2 aromatic rings. The first-order chi connectivity index (χ1) is 8.56. The van der Waals surface area contributed by atoms with E-state index in [-0.39, 0.29) is 5.69 Å². The molecule has 0 aliphatic heterocycles. The summed E-state index contributed by atoms with van der Waals surface area (Å²) in [5, 5.41) is 2.86. The van der Waals surface area contributed by atoms with Crippen molar-refractivity contribution in [1.82, 2.24) is 4.98 Å². The lowest BCUT2D eigenvalue weighted by atomic mass is 10.2. The van der Waals surface area contributed by atoms with Crippen molar-refractivity contribution < 1.29 is 8.78 Å². The van der Waals surface area contributed by atoms with Gasteiger partial charge < -0.3 is 5.32 Å². The lowest BCUT2D eigenvalue weighted by Gasteiger charge is -2.09. The van der Waals surface area contributed by atoms with Crippen molar-refractivity contribution in [1.29, 1.82) is 0 Å². The molecule has 0 spiro atoms. The fraction of sp³-hybridized carbons (Fsp3) is 0.214. The number of nitrogens with zero attached hydrogens (tertiary/aromatic N) is 1. The molecule has 1 aromatic carbocycles. The Balaban J connectivity index is 2.10. The van der Waals surface area contributed by atoms with Crippen LogP contribution in [0, 0.1) is 25.5 Å². The van der Waals surface area contributed by atoms with E-state index in [1.54, 1.807) is 6.20 Å². The summed E-state index contributed by atoms with van der Waals surface area (Å²) in [4.78, 5) is 4.14. The van der Waals surface area contributed by atoms with Gasteiger partial charge in [0.25, 0.3) is 0 Å². The molecular formula is C14H14F2N2. The number of hydrogen-bond donors (Lipinski definition) is 1. The molecule has 4 heteroatoms. The third-order valence-electron chi connectivity index (χ3n) is 2.70. The van der Waals surface area contributed by atoms with E-state index in [9.17, 15) is 8.78 Å². The zero-order chi connectivity index (χ0) is 13.1. The van der Waals surface area contributed by atoms with E-state index in [0.717, 1.165) is 11.3 Å². The fourth-order valence-corrected chi connectivity index (χ4v) is 1.58. The minimum Gasteiger partial charge on any atom is -0.378 e. The number of hydrogen-bond acceptors (Lipinski definition) is 2. The summed E-state index contributed by atoms with van der Waals surface area (Å²) in [7, 11) is 0. The molecule has 1 aromatic heterocycles. The Kier molecular flexibility index (Phi) is 3.55. The molecule has 0 atom stereocenters. The number of aryl methyl sites for hydroxylation is 2. The zero-order valence-corrected chi connectivity index (χ0v) is 10.3. The highest BCUT2D eigenvalue weighted by molar-refractivity contribution is 5.47. The molecule has 94 valence electrons. The van der Waals surface area contributed by atoms with Crippen molar-refractivity contribution in [3.05, 3.63) is 58.9 Å². The summed E-state index contributed by atoms with van der Waals surface area (Å²) in [6, 6.07) is 6.14. The Morgan fingerprint density at radius 1 is 1.11 bits per heavy atom. The molecule has 2 nitrogen and oxygen atoms in total. The highest BCUT2D eigenvalue weighted by Gasteiger charge is 2.06. The van der Waals surface area contributed by atoms with Crippen LogP contribution in [0.3, 0.4) is 0 Å². The smallest absolute Gasteiger partial charge is 0.146 e. The molecule has 0 amide bonds. The van der Waals surface area contributed by atoms with Gasteiger partial charge in [-0.05, 0) is 37.1 Å². The average Bonchev–Trinajstić information content (AvgIpc) is 2.34. The molecule has 2 rings (SSSR count). The number of anilines is 1. The van der Waals surface area contributed by atoms with Gasteiger partial charge in [0.15, 0.2) is 0 Å². The predicted molar refractivity (Wildman–Crippen MR) is 67.4 cm³/mol. The average molecular weight is 248 g/mol. The minimum atomic E-state index is -0.450. The van der Waals surface area contributed by atoms with Gasteiger partial charge in [-0.15, -0.1) is 0 Å². The van der Waals surface area contributed by atoms with Gasteiger partial charge in [0.2, 0.25) is 0 Å². The van der Waals surface area contributed by atoms with Crippen LogP contribution in [-0.4, -0.2) is 4.98 Å². The van der Waals surface area contributed by atoms with Gasteiger partial charge in [-0.25, -0.2) is 8.78 Å². The minimum absolute atomic E-state index is 0.165. The van der Waals surface area contributed by atoms with Gasteiger partial charge in [0.1, 0.15) is 11.6 Å². The van der Waals surface area contributed by atoms with Crippen LogP contribution in [0.15, 0.2) is 30.5 Å². The molecule has 0 aliphatic rings. The van der Waals surface area contributed by atoms with Crippen molar-refractivity contribution in [2.75, 3.05) is 5.32 Å². The van der Waals surface area contributed by atoms with Gasteiger partial charge in [0.05, 0.1) is 5.69 Å². The molecule has 0 fully saturated rings. The van der Waals surface area contributed by atoms with Gasteiger partial charge in [-0.1, -0.05) is 6.07 Å². The molecule has 0 saturated heterocycles. The summed E-state index contributed by atoms with van der Waals surface area (Å²) >= 11 is 0. The Hall–Kier alpha value is -1.97. The Labute approximate surface area is 105 Å². The zero-order valence-electron chi connectivity index (χ0n) is 10.3. The lowest BCUT2D eigenvalue weighted by Crippen LogP contribution is -2.03. The standard InChI is InChI=1S/C14H14F2N2/c1-9-5-13(16)14(6-12(9)15)18-8-11-4-3-10(2)17-7-11/h3-7,18H,8H2,1-2H3. The molecule has 0 aliphatic carbocycles. The second-order valence-electron chi connectivity index (χ2n) is 4.24. The summed E-state index contributed by atoms with van der Waals surface area (Å²) < 4.78 is 26.9. The maximum Gasteiger partial charge on any atom is 0.146 e. The number of aromatic nitrogens is 1. The molecule has 0 saturated carbocycles. The third-order valence-corrected chi connectivity index (χ3v) is 2.70. The first kappa shape index (κ1) is 12.5. The number of nitrogens with one attached hydrogen (secondary N) is 1. The maximum atomic E-state index is 13.6. The lowest BCUT2D eigenvalue weighted by molar-refractivity contribution is 0.594. The van der Waals surface area contributed by atoms with E-state index < -0.39 is 11.6 Å². The summed E-state index contributed by atoms with van der Waals surface area (Å²) in [6.45, 7) is 3.84. The van der Waals surface area contributed by atoms with Crippen LogP contribution < -0.4 is 5.32 Å². The normalized spacial score (nSPS) is 10.4. The highest BCUT2D eigenvalue weighted by Crippen LogP contribution is 2.19. The molecular weight excluding hydrogens is 234 g/mol. The Morgan fingerprint density at radius 2 is 1.89 bits per heavy atom. The van der Waals surface area contributed by atoms with E-state index in [1.165, 1.54) is 19.1 Å². The van der Waals surface area contributed by atoms with Gasteiger partial charge in [-0.3, -0.25) is 4.98 Å². The topological polar surface area (TPSA) is 24.9 Å². The van der Waals surface area contributed by atoms with Crippen molar-refractivity contribution in [3.63, 3.8) is 0 Å². The van der Waals surface area contributed by atoms with E-state index in [4.69, 9.17) is 0 Å². The van der Waals surface area contributed by atoms with Crippen molar-refractivity contribution >= 4 is 5.69 Å². The van der Waals surface area contributed by atoms with Gasteiger partial charge >= 0.3 is 0 Å². The number of rotatable bonds is 3. The third kappa shape index (κ3) is 2.83. The van der Waals surface area contributed by atoms with E-state index >= 15 is 0 Å². The second-order valence-corrected chi connectivity index (χ2v) is 4.24. The number of halogens is 2. The summed E-state index contributed by atoms with van der Waals surface area (Å²) in [5.41, 5.74) is 2.31. The van der Waals surface area contributed by atoms with Crippen molar-refractivity contribution in [3.8, 4) is 0 Å². The molecule has 18 heavy (non-hydrogen) atoms. The van der Waals surface area contributed by atoms with Crippen LogP contribution in [0.2, 0.25) is 0 Å². The van der Waals surface area contributed by atoms with E-state index in [1.807, 2.05) is 19.1 Å². The molecule has 1 heterocycles. The molecule has 0 bridgehead atoms. The van der Waals surface area contributed by atoms with Crippen molar-refractivity contribution in [2.24, 2.45) is 0 Å². The molecule has 0 unspecified atom stereocenters. The maximum absolute atomic E-state index is 13.6. The van der Waals surface area contributed by atoms with Crippen LogP contribution in [-0.2, 0) is 6.54 Å². The SMILES string of the molecule is Cc1ccc(CNc2cc(F)c(C)cc2F)cn1. The fourth-order valence-electron chi connectivity index (χ4n) is 1.58. The van der Waals surface area contributed by atoms with E-state index in [0.29, 0.717) is 12.1 Å². The first-order valence-corrected chi connectivity index (χ1v) is 5.67. The Morgan fingerprint density at radius 3 is 2.56 bits per heavy atom. The van der Waals surface area contributed by atoms with Gasteiger partial charge in [0, 0.05) is 24.5 Å². The Bertz CT molecular complexity index is 550. The summed E-state index contributed by atoms with van der Waals surface area (Å²) in [6.07, 6.45) is 1.71. The largest absolute Gasteiger partial charge is 0.378 e. The van der Waals surface area contributed by atoms with Crippen LogP contribution in [0.25, 0.3) is 0 Å². The van der Waals surface area contributed by atoms with Crippen LogP contribution in [0.4, 0.5) is 14.5 Å². The second kappa shape index (κ2) is 5.12. The monoisotopic (exact) mass is 248 g/mol. The van der Waals surface area contributed by atoms with Crippen LogP contribution in [0.5, 0.6) is 0 Å². The first-order valence-electron chi connectivity index (χ1n) is 5.67. The number of benzene rings is 1. The van der Waals surface area contributed by atoms with E-state index in [2.05, 4.69) is 10.3 Å². The number of pyridine rings is 1. The van der Waals surface area contributed by atoms with Gasteiger partial charge in [-0.2, -0.15) is 0 Å². The van der Waals surface area contributed by atoms with Crippen molar-refractivity contribution in [2.45, 2.75) is 20.4 Å². The predicted octanol–water partition coefficient (Wildman–Crippen LogP) is 3.59. The molecule has 0 radical (unpaired) electrons. The summed E-state index contributed by atoms with van der Waals surface area (Å²) in [5.74, 6) is -0.866.